The molecule has 0 N–H and O–H groups in total. The SMILES string of the molecule is CC1(C)Oc2ccc(C#N)cc2C(N2CCCC2=O)C1OCOP(=O)([O-])[O-].CC1(C)Oc2ccc(C#N)cc2C(N2CCCC2=O)C1OP(=O)([O-])[O-]. The van der Waals surface area contributed by atoms with E-state index in [4.69, 9.17) is 24.0 Å². The molecule has 0 aliphatic carbocycles. The Kier molecular flexibility index (Phi) is 11.3. The molecule has 52 heavy (non-hydrogen) atoms. The topological polar surface area (TPSA) is 261 Å². The Morgan fingerprint density at radius 1 is 0.769 bits per heavy atom. The van der Waals surface area contributed by atoms with Gasteiger partial charge in [0.15, 0.2) is 6.79 Å². The van der Waals surface area contributed by atoms with Crippen molar-refractivity contribution in [3.63, 3.8) is 0 Å². The summed E-state index contributed by atoms with van der Waals surface area (Å²) in [7, 11) is -10.5. The molecule has 6 rings (SSSR count). The van der Waals surface area contributed by atoms with Crippen LogP contribution in [-0.2, 0) is 32.5 Å². The first-order valence-corrected chi connectivity index (χ1v) is 19.2. The number of carbonyl (C=O) groups is 2. The minimum absolute atomic E-state index is 0.0705. The predicted octanol–water partition coefficient (Wildman–Crippen LogP) is 1.19. The lowest BCUT2D eigenvalue weighted by atomic mass is 9.85. The summed E-state index contributed by atoms with van der Waals surface area (Å²) in [6.07, 6.45) is 0.0192. The molecule has 4 unspecified atom stereocenters. The zero-order valence-electron chi connectivity index (χ0n) is 28.7. The predicted molar refractivity (Wildman–Crippen MR) is 170 cm³/mol. The van der Waals surface area contributed by atoms with E-state index in [0.717, 1.165) is 0 Å². The third kappa shape index (κ3) is 8.67. The van der Waals surface area contributed by atoms with Gasteiger partial charge in [-0.1, -0.05) is 0 Å². The van der Waals surface area contributed by atoms with Crippen LogP contribution in [0.3, 0.4) is 0 Å². The van der Waals surface area contributed by atoms with Crippen LogP contribution in [0.4, 0.5) is 0 Å². The van der Waals surface area contributed by atoms with Crippen molar-refractivity contribution in [3.8, 4) is 23.6 Å². The van der Waals surface area contributed by atoms with Gasteiger partial charge in [0, 0.05) is 37.1 Å². The summed E-state index contributed by atoms with van der Waals surface area (Å²) in [5.41, 5.74) is -0.321. The van der Waals surface area contributed by atoms with Crippen LogP contribution in [0.5, 0.6) is 11.5 Å². The van der Waals surface area contributed by atoms with E-state index in [1.54, 1.807) is 62.9 Å². The van der Waals surface area contributed by atoms with E-state index in [0.29, 0.717) is 72.5 Å². The summed E-state index contributed by atoms with van der Waals surface area (Å²) in [6, 6.07) is 12.3. The number of phosphoric ester groups is 2. The lowest BCUT2D eigenvalue weighted by Crippen LogP contribution is -2.55. The fourth-order valence-corrected chi connectivity index (χ4v) is 7.86. The molecule has 2 saturated heterocycles. The monoisotopic (exact) mass is 758 g/mol. The van der Waals surface area contributed by atoms with E-state index in [1.165, 1.54) is 11.0 Å². The van der Waals surface area contributed by atoms with Crippen LogP contribution < -0.4 is 29.0 Å². The molecule has 4 aliphatic heterocycles. The Morgan fingerprint density at radius 3 is 1.60 bits per heavy atom. The van der Waals surface area contributed by atoms with Gasteiger partial charge >= 0.3 is 0 Å². The molecule has 0 spiro atoms. The van der Waals surface area contributed by atoms with Crippen LogP contribution in [0, 0.1) is 22.7 Å². The number of hydrogen-bond acceptors (Lipinski definition) is 15. The maximum atomic E-state index is 12.4. The Bertz CT molecular complexity index is 1900. The van der Waals surface area contributed by atoms with Crippen molar-refractivity contribution in [2.24, 2.45) is 0 Å². The molecule has 4 heterocycles. The highest BCUT2D eigenvalue weighted by molar-refractivity contribution is 7.43. The third-order valence-corrected chi connectivity index (χ3v) is 10.1. The molecule has 2 aromatic carbocycles. The van der Waals surface area contributed by atoms with E-state index in [1.807, 2.05) is 6.07 Å². The maximum Gasteiger partial charge on any atom is 0.223 e. The second kappa shape index (κ2) is 14.9. The number of hydrogen-bond donors (Lipinski definition) is 0. The van der Waals surface area contributed by atoms with Crippen molar-refractivity contribution < 1.29 is 61.6 Å². The van der Waals surface area contributed by atoms with E-state index in [9.17, 15) is 43.6 Å². The number of carbonyl (C=O) groups excluding carboxylic acids is 2. The average Bonchev–Trinajstić information content (AvgIpc) is 3.67. The second-order valence-electron chi connectivity index (χ2n) is 13.7. The van der Waals surface area contributed by atoms with Crippen LogP contribution in [0.1, 0.15) is 87.7 Å². The maximum absolute atomic E-state index is 12.4. The molecule has 280 valence electrons. The minimum atomic E-state index is -5.33. The van der Waals surface area contributed by atoms with E-state index < -0.39 is 57.9 Å². The van der Waals surface area contributed by atoms with E-state index in [-0.39, 0.29) is 11.8 Å². The van der Waals surface area contributed by atoms with Crippen LogP contribution >= 0.6 is 15.6 Å². The average molecular weight is 759 g/mol. The van der Waals surface area contributed by atoms with Gasteiger partial charge in [0.1, 0.15) is 34.9 Å². The van der Waals surface area contributed by atoms with Crippen LogP contribution in [0.15, 0.2) is 36.4 Å². The number of rotatable bonds is 8. The van der Waals surface area contributed by atoms with Gasteiger partial charge in [-0.2, -0.15) is 10.5 Å². The number of nitriles is 2. The van der Waals surface area contributed by atoms with Crippen molar-refractivity contribution in [2.45, 2.75) is 88.9 Å². The second-order valence-corrected chi connectivity index (χ2v) is 15.9. The van der Waals surface area contributed by atoms with Crippen molar-refractivity contribution in [3.05, 3.63) is 58.7 Å². The first-order chi connectivity index (χ1) is 24.2. The molecule has 4 aliphatic rings. The zero-order chi connectivity index (χ0) is 38.2. The van der Waals surface area contributed by atoms with Crippen LogP contribution in [0.2, 0.25) is 0 Å². The highest BCUT2D eigenvalue weighted by Gasteiger charge is 2.51. The molecule has 19 heteroatoms. The van der Waals surface area contributed by atoms with Crippen LogP contribution in [-0.4, -0.2) is 64.9 Å². The summed E-state index contributed by atoms with van der Waals surface area (Å²) >= 11 is 0. The molecule has 0 saturated carbocycles. The van der Waals surface area contributed by atoms with E-state index in [2.05, 4.69) is 10.6 Å². The Hall–Kier alpha value is -3.86. The summed E-state index contributed by atoms with van der Waals surface area (Å²) in [5.74, 6) is 0.720. The van der Waals surface area contributed by atoms with Crippen molar-refractivity contribution >= 4 is 27.5 Å². The van der Waals surface area contributed by atoms with Gasteiger partial charge in [-0.05, 0) is 76.9 Å². The van der Waals surface area contributed by atoms with Gasteiger partial charge in [-0.3, -0.25) is 9.59 Å². The summed E-state index contributed by atoms with van der Waals surface area (Å²) in [4.78, 5) is 72.0. The number of phosphoric acid groups is 2. The lowest BCUT2D eigenvalue weighted by Gasteiger charge is -2.50. The molecule has 4 atom stereocenters. The van der Waals surface area contributed by atoms with Crippen molar-refractivity contribution in [1.82, 2.24) is 9.80 Å². The molecule has 2 aromatic rings. The first-order valence-electron chi connectivity index (χ1n) is 16.3. The molecule has 0 radical (unpaired) electrons. The number of ether oxygens (including phenoxy) is 3. The number of nitrogens with zero attached hydrogens (tertiary/aromatic N) is 4. The lowest BCUT2D eigenvalue weighted by molar-refractivity contribution is -0.351. The van der Waals surface area contributed by atoms with Crippen LogP contribution in [0.25, 0.3) is 0 Å². The first kappa shape index (κ1) is 39.3. The molecular weight excluding hydrogens is 722 g/mol. The van der Waals surface area contributed by atoms with Gasteiger partial charge in [0.2, 0.25) is 11.8 Å². The number of fused-ring (bicyclic) bond motifs is 2. The van der Waals surface area contributed by atoms with Gasteiger partial charge in [-0.25, -0.2) is 0 Å². The van der Waals surface area contributed by atoms with Gasteiger partial charge in [0.05, 0.1) is 51.0 Å². The Morgan fingerprint density at radius 2 is 1.21 bits per heavy atom. The molecule has 2 amide bonds. The summed E-state index contributed by atoms with van der Waals surface area (Å²) in [5, 5.41) is 18.4. The highest BCUT2D eigenvalue weighted by Crippen LogP contribution is 2.50. The molecule has 17 nitrogen and oxygen atoms in total. The van der Waals surface area contributed by atoms with Gasteiger partial charge in [-0.15, -0.1) is 0 Å². The molecule has 0 bridgehead atoms. The molecule has 0 aromatic heterocycles. The van der Waals surface area contributed by atoms with Gasteiger partial charge in [0.25, 0.3) is 0 Å². The molecule has 2 fully saturated rings. The number of benzene rings is 2. The highest BCUT2D eigenvalue weighted by atomic mass is 31.2. The van der Waals surface area contributed by atoms with Crippen molar-refractivity contribution in [2.75, 3.05) is 19.9 Å². The number of likely N-dealkylation sites (tertiary alicyclic amines) is 2. The summed E-state index contributed by atoms with van der Waals surface area (Å²) < 4.78 is 48.5. The number of amides is 2. The smallest absolute Gasteiger partial charge is 0.223 e. The standard InChI is InChI=1S/C17H21N2O7P.C16H19N2O6P/c1-17(2)16(24-10-25-27(21,22)23)15(19-7-3-4-14(19)20)12-8-11(9-18)5-6-13(12)26-17;1-16(2)15(24-25(20,21)22)14(18-7-3-4-13(18)19)11-8-10(9-17)5-6-12(11)23-16/h5-6,8,15-16H,3-4,7,10H2,1-2H3,(H2,21,22,23);5-6,8,14-15H,3-4,7H2,1-2H3,(H2,20,21,22)/p-4. The third-order valence-electron chi connectivity index (χ3n) is 9.20. The largest absolute Gasteiger partial charge is 0.790 e. The Labute approximate surface area is 300 Å². The van der Waals surface area contributed by atoms with Gasteiger partial charge < -0.3 is 61.8 Å². The Balaban J connectivity index is 0.000000202. The quantitative estimate of drug-likeness (QED) is 0.270. The van der Waals surface area contributed by atoms with Crippen molar-refractivity contribution in [1.29, 1.82) is 10.5 Å². The fourth-order valence-electron chi connectivity index (χ4n) is 7.03. The minimum Gasteiger partial charge on any atom is -0.790 e. The normalized spacial score (nSPS) is 24.7. The summed E-state index contributed by atoms with van der Waals surface area (Å²) in [6.45, 7) is 6.80. The van der Waals surface area contributed by atoms with E-state index >= 15 is 0 Å². The molecular formula is C33H36N4O13P2-4. The fraction of sp³-hybridized carbons (Fsp3) is 0.515. The zero-order valence-corrected chi connectivity index (χ0v) is 30.5.